The van der Waals surface area contributed by atoms with Crippen molar-refractivity contribution in [3.05, 3.63) is 71.3 Å². The highest BCUT2D eigenvalue weighted by Crippen LogP contribution is 2.52. The molecule has 0 radical (unpaired) electrons. The third-order valence-electron chi connectivity index (χ3n) is 5.91. The molecule has 0 bridgehead atoms. The molecule has 2 heterocycles. The maximum atomic E-state index is 15.1. The molecule has 0 spiro atoms. The maximum Gasteiger partial charge on any atom is 0.587 e. The Morgan fingerprint density at radius 1 is 1.02 bits per heavy atom. The Morgan fingerprint density at radius 3 is 1.98 bits per heavy atom. The molecule has 2 aromatic carbocycles. The van der Waals surface area contributed by atoms with Crippen molar-refractivity contribution in [3.8, 4) is 23.0 Å². The highest BCUT2D eigenvalue weighted by Gasteiger charge is 2.62. The van der Waals surface area contributed by atoms with Crippen molar-refractivity contribution in [3.63, 3.8) is 0 Å². The van der Waals surface area contributed by atoms with E-state index in [1.807, 2.05) is 0 Å². The van der Waals surface area contributed by atoms with E-state index in [2.05, 4.69) is 4.98 Å². The fourth-order valence-corrected chi connectivity index (χ4v) is 5.02. The molecule has 3 N–H and O–H groups in total. The number of nitrogen functional groups attached to an aromatic ring is 1. The van der Waals surface area contributed by atoms with Crippen LogP contribution in [0, 0.1) is 0 Å². The number of aromatic nitrogens is 2. The number of ether oxygens (including phenoxy) is 3. The molecule has 0 aliphatic carbocycles. The van der Waals surface area contributed by atoms with Crippen molar-refractivity contribution in [2.75, 3.05) is 26.6 Å². The van der Waals surface area contributed by atoms with E-state index in [1.165, 1.54) is 62.8 Å². The van der Waals surface area contributed by atoms with Crippen LogP contribution in [-0.4, -0.2) is 59.8 Å². The lowest BCUT2D eigenvalue weighted by atomic mass is 9.97. The minimum absolute atomic E-state index is 0.0580. The number of phosphoric ester groups is 1. The molecule has 1 aliphatic heterocycles. The number of nitrogens with two attached hydrogens (primary N) is 1. The van der Waals surface area contributed by atoms with Crippen LogP contribution in [0.1, 0.15) is 6.23 Å². The second-order valence-electron chi connectivity index (χ2n) is 8.45. The van der Waals surface area contributed by atoms with Gasteiger partial charge >= 0.3 is 13.5 Å². The Hall–Kier alpha value is -3.78. The molecule has 3 aromatic rings. The highest BCUT2D eigenvalue weighted by molar-refractivity contribution is 7.49. The molecule has 12 nitrogen and oxygen atoms in total. The number of aliphatic hydroxyl groups is 1. The number of nitrogens with zero attached hydrogens (tertiary/aromatic N) is 2. The summed E-state index contributed by atoms with van der Waals surface area (Å²) < 4.78 is 89.6. The molecule has 40 heavy (non-hydrogen) atoms. The molecule has 16 heteroatoms. The van der Waals surface area contributed by atoms with E-state index in [4.69, 9.17) is 33.5 Å². The number of phosphoric acid groups is 1. The van der Waals surface area contributed by atoms with E-state index in [0.29, 0.717) is 16.1 Å². The summed E-state index contributed by atoms with van der Waals surface area (Å²) in [5.74, 6) is 0.553. The molecule has 4 unspecified atom stereocenters. The molecular formula is C24H25F3N3O9P. The van der Waals surface area contributed by atoms with Gasteiger partial charge in [-0.25, -0.2) is 22.5 Å². The van der Waals surface area contributed by atoms with Crippen LogP contribution < -0.4 is 29.9 Å². The third kappa shape index (κ3) is 6.02. The van der Waals surface area contributed by atoms with Gasteiger partial charge in [-0.1, -0.05) is 0 Å². The van der Waals surface area contributed by atoms with Gasteiger partial charge in [-0.05, 0) is 54.6 Å². The first-order valence-corrected chi connectivity index (χ1v) is 13.0. The van der Waals surface area contributed by atoms with Gasteiger partial charge in [0.2, 0.25) is 0 Å². The van der Waals surface area contributed by atoms with Crippen molar-refractivity contribution in [1.29, 1.82) is 0 Å². The molecule has 1 aliphatic rings. The van der Waals surface area contributed by atoms with Crippen LogP contribution >= 0.6 is 7.82 Å². The van der Waals surface area contributed by atoms with E-state index in [1.54, 1.807) is 0 Å². The van der Waals surface area contributed by atoms with Crippen LogP contribution in [0.15, 0.2) is 65.6 Å². The van der Waals surface area contributed by atoms with Gasteiger partial charge in [0.1, 0.15) is 34.9 Å². The second kappa shape index (κ2) is 11.8. The van der Waals surface area contributed by atoms with Gasteiger partial charge in [0.15, 0.2) is 18.0 Å². The van der Waals surface area contributed by atoms with Crippen LogP contribution in [0.25, 0.3) is 0 Å². The molecule has 0 amide bonds. The number of rotatable bonds is 11. The van der Waals surface area contributed by atoms with Crippen LogP contribution in [0.2, 0.25) is 0 Å². The van der Waals surface area contributed by atoms with Crippen LogP contribution in [0.3, 0.4) is 0 Å². The number of benzene rings is 2. The second-order valence-corrected chi connectivity index (χ2v) is 9.97. The lowest BCUT2D eigenvalue weighted by molar-refractivity contribution is -0.193. The van der Waals surface area contributed by atoms with Crippen LogP contribution in [0.5, 0.6) is 23.0 Å². The van der Waals surface area contributed by atoms with E-state index in [9.17, 15) is 23.2 Å². The summed E-state index contributed by atoms with van der Waals surface area (Å²) in [5, 5.41) is 10.5. The monoisotopic (exact) mass is 587 g/mol. The van der Waals surface area contributed by atoms with Crippen molar-refractivity contribution in [2.24, 2.45) is 0 Å². The van der Waals surface area contributed by atoms with E-state index < -0.39 is 50.6 Å². The average Bonchev–Trinajstić information content (AvgIpc) is 3.19. The summed E-state index contributed by atoms with van der Waals surface area (Å²) in [6.45, 7) is -1.37. The molecule has 1 fully saturated rings. The molecule has 216 valence electrons. The van der Waals surface area contributed by atoms with Gasteiger partial charge in [-0.15, -0.1) is 0 Å². The lowest BCUT2D eigenvalue weighted by Gasteiger charge is -2.31. The van der Waals surface area contributed by atoms with Gasteiger partial charge in [0.05, 0.1) is 20.8 Å². The van der Waals surface area contributed by atoms with Gasteiger partial charge < -0.3 is 34.1 Å². The normalized spacial score (nSPS) is 22.7. The molecule has 4 rings (SSSR count). The number of hydrogen-bond acceptors (Lipinski definition) is 11. The smallest absolute Gasteiger partial charge is 0.497 e. The summed E-state index contributed by atoms with van der Waals surface area (Å²) in [5.41, 5.74) is 1.22. The van der Waals surface area contributed by atoms with Crippen LogP contribution in [-0.2, 0) is 13.8 Å². The van der Waals surface area contributed by atoms with Crippen molar-refractivity contribution in [2.45, 2.75) is 30.5 Å². The number of alkyl halides is 3. The van der Waals surface area contributed by atoms with Gasteiger partial charge in [-0.2, -0.15) is 4.98 Å². The Morgan fingerprint density at radius 2 is 1.52 bits per heavy atom. The zero-order valence-electron chi connectivity index (χ0n) is 21.1. The first-order valence-electron chi connectivity index (χ1n) is 11.5. The Labute approximate surface area is 225 Å². The predicted octanol–water partition coefficient (Wildman–Crippen LogP) is 3.36. The lowest BCUT2D eigenvalue weighted by Crippen LogP contribution is -2.52. The molecule has 0 saturated carbocycles. The standard InChI is InChI=1S/C24H25F3N3O9P/c1-34-14-3-7-16(8-4-14)38-40(33,39-17-9-5-15(35-2)6-10-17)36-13-24(22(26)27)20(31)19(25)21(37-24)30-12-11-18(28)29-23(30)32/h3-12,19-22,31H,13H2,1-2H3,(H2,28,29,32). The Bertz CT molecular complexity index is 1360. The van der Waals surface area contributed by atoms with Crippen molar-refractivity contribution >= 4 is 13.6 Å². The van der Waals surface area contributed by atoms with Crippen molar-refractivity contribution in [1.82, 2.24) is 9.55 Å². The first kappa shape index (κ1) is 29.2. The molecule has 1 saturated heterocycles. The SMILES string of the molecule is COc1ccc(OP(=O)(OCC2(C(F)F)OC(n3ccc(N)nc3=O)C(F)C2O)Oc2ccc(OC)cc2)cc1. The summed E-state index contributed by atoms with van der Waals surface area (Å²) in [6.07, 6.45) is -9.71. The minimum Gasteiger partial charge on any atom is -0.497 e. The molecule has 1 aromatic heterocycles. The summed E-state index contributed by atoms with van der Waals surface area (Å²) in [6, 6.07) is 12.4. The number of methoxy groups -OCH3 is 2. The largest absolute Gasteiger partial charge is 0.587 e. The zero-order valence-corrected chi connectivity index (χ0v) is 22.0. The molecular weight excluding hydrogens is 562 g/mol. The summed E-state index contributed by atoms with van der Waals surface area (Å²) >= 11 is 0. The topological polar surface area (TPSA) is 154 Å². The maximum absolute atomic E-state index is 15.1. The Kier molecular flexibility index (Phi) is 8.59. The third-order valence-corrected chi connectivity index (χ3v) is 7.23. The average molecular weight is 587 g/mol. The number of aliphatic hydroxyl groups excluding tert-OH is 1. The highest BCUT2D eigenvalue weighted by atomic mass is 31.2. The zero-order chi connectivity index (χ0) is 29.1. The Balaban J connectivity index is 1.64. The number of anilines is 1. The predicted molar refractivity (Wildman–Crippen MR) is 133 cm³/mol. The quantitative estimate of drug-likeness (QED) is 0.318. The first-order chi connectivity index (χ1) is 19.0. The summed E-state index contributed by atoms with van der Waals surface area (Å²) in [7, 11) is -1.98. The minimum atomic E-state index is -4.82. The van der Waals surface area contributed by atoms with Crippen molar-refractivity contribution < 1.29 is 50.6 Å². The van der Waals surface area contributed by atoms with E-state index in [-0.39, 0.29) is 17.3 Å². The fraction of sp³-hybridized carbons (Fsp3) is 0.333. The van der Waals surface area contributed by atoms with E-state index >= 15 is 4.39 Å². The van der Waals surface area contributed by atoms with Gasteiger partial charge in [0, 0.05) is 6.20 Å². The fourth-order valence-electron chi connectivity index (χ4n) is 3.76. The number of halogens is 3. The van der Waals surface area contributed by atoms with Crippen LogP contribution in [0.4, 0.5) is 19.0 Å². The number of hydrogen-bond donors (Lipinski definition) is 2. The van der Waals surface area contributed by atoms with Gasteiger partial charge in [-0.3, -0.25) is 9.09 Å². The van der Waals surface area contributed by atoms with E-state index in [0.717, 1.165) is 12.3 Å². The molecule has 4 atom stereocenters. The summed E-state index contributed by atoms with van der Waals surface area (Å²) in [4.78, 5) is 15.6. The van der Waals surface area contributed by atoms with Gasteiger partial charge in [0.25, 0.3) is 6.43 Å².